The Morgan fingerprint density at radius 1 is 1.04 bits per heavy atom. The van der Waals surface area contributed by atoms with Crippen molar-refractivity contribution in [1.82, 2.24) is 0 Å². The van der Waals surface area contributed by atoms with Gasteiger partial charge >= 0.3 is 0 Å². The Kier molecular flexibility index (Phi) is 5.61. The van der Waals surface area contributed by atoms with E-state index < -0.39 is 6.04 Å². The molecule has 1 atom stereocenters. The van der Waals surface area contributed by atoms with Gasteiger partial charge in [0.25, 0.3) is 0 Å². The van der Waals surface area contributed by atoms with E-state index in [2.05, 4.69) is 31.9 Å². The minimum absolute atomic E-state index is 0.0853. The van der Waals surface area contributed by atoms with Crippen molar-refractivity contribution >= 4 is 44.8 Å². The van der Waals surface area contributed by atoms with Crippen LogP contribution in [0.25, 0.3) is 0 Å². The molecule has 6 heteroatoms. The van der Waals surface area contributed by atoms with E-state index in [1.807, 2.05) is 49.4 Å². The highest BCUT2D eigenvalue weighted by atomic mass is 79.9. The Morgan fingerprint density at radius 2 is 1.69 bits per heavy atom. The number of carbonyl (C=O) groups excluding carboxylic acids is 2. The summed E-state index contributed by atoms with van der Waals surface area (Å²) in [4.78, 5) is 24.2. The summed E-state index contributed by atoms with van der Waals surface area (Å²) < 4.78 is 0.855. The molecule has 3 N–H and O–H groups in total. The van der Waals surface area contributed by atoms with Gasteiger partial charge < -0.3 is 16.0 Å². The summed E-state index contributed by atoms with van der Waals surface area (Å²) in [6.07, 6.45) is 1.96. The summed E-state index contributed by atoms with van der Waals surface area (Å²) in [5.41, 5.74) is 3.45. The highest BCUT2D eigenvalue weighted by Crippen LogP contribution is 2.30. The van der Waals surface area contributed by atoms with E-state index in [0.29, 0.717) is 0 Å². The van der Waals surface area contributed by atoms with E-state index in [-0.39, 0.29) is 17.7 Å². The topological polar surface area (TPSA) is 70.2 Å². The van der Waals surface area contributed by atoms with Crippen LogP contribution in [0.3, 0.4) is 0 Å². The second kappa shape index (κ2) is 7.91. The van der Waals surface area contributed by atoms with Gasteiger partial charge in [0.1, 0.15) is 6.04 Å². The average Bonchev–Trinajstić information content (AvgIpc) is 3.44. The predicted molar refractivity (Wildman–Crippen MR) is 108 cm³/mol. The maximum Gasteiger partial charge on any atom is 0.246 e. The first kappa shape index (κ1) is 18.5. The van der Waals surface area contributed by atoms with E-state index in [1.165, 1.54) is 0 Å². The van der Waals surface area contributed by atoms with Gasteiger partial charge in [-0.25, -0.2) is 0 Å². The molecule has 1 saturated carbocycles. The lowest BCUT2D eigenvalue weighted by molar-refractivity contribution is -0.117. The van der Waals surface area contributed by atoms with Crippen LogP contribution in [0.1, 0.15) is 25.3 Å². The molecule has 0 heterocycles. The molecule has 5 nitrogen and oxygen atoms in total. The average molecular weight is 416 g/mol. The number of carbonyl (C=O) groups is 2. The molecule has 0 bridgehead atoms. The van der Waals surface area contributed by atoms with Gasteiger partial charge in [-0.15, -0.1) is 0 Å². The Bertz CT molecular complexity index is 816. The standard InChI is InChI=1S/C20H22BrN3O2/c1-12-3-10-18(17(21)11-12)24-19(25)13(2)22-15-6-8-16(9-7-15)23-20(26)14-4-5-14/h3,6-11,13-14,22H,4-5H2,1-2H3,(H,23,26)(H,24,25). The minimum Gasteiger partial charge on any atom is -0.374 e. The zero-order valence-electron chi connectivity index (χ0n) is 14.8. The second-order valence-electron chi connectivity index (χ2n) is 6.68. The molecule has 0 aliphatic heterocycles. The number of amides is 2. The van der Waals surface area contributed by atoms with Crippen molar-refractivity contribution in [3.8, 4) is 0 Å². The number of hydrogen-bond donors (Lipinski definition) is 3. The third kappa shape index (κ3) is 4.85. The highest BCUT2D eigenvalue weighted by molar-refractivity contribution is 9.10. The van der Waals surface area contributed by atoms with Crippen molar-refractivity contribution in [3.63, 3.8) is 0 Å². The van der Waals surface area contributed by atoms with Gasteiger partial charge in [-0.05, 0) is 84.6 Å². The molecule has 136 valence electrons. The minimum atomic E-state index is -0.407. The Balaban J connectivity index is 1.55. The second-order valence-corrected chi connectivity index (χ2v) is 7.53. The van der Waals surface area contributed by atoms with Crippen LogP contribution in [0.15, 0.2) is 46.9 Å². The number of halogens is 1. The van der Waals surface area contributed by atoms with Crippen LogP contribution in [-0.4, -0.2) is 17.9 Å². The largest absolute Gasteiger partial charge is 0.374 e. The third-order valence-electron chi connectivity index (χ3n) is 4.26. The van der Waals surface area contributed by atoms with Crippen molar-refractivity contribution in [2.75, 3.05) is 16.0 Å². The van der Waals surface area contributed by atoms with Crippen LogP contribution in [0, 0.1) is 12.8 Å². The number of hydrogen-bond acceptors (Lipinski definition) is 3. The summed E-state index contributed by atoms with van der Waals surface area (Å²) >= 11 is 3.46. The Labute approximate surface area is 161 Å². The van der Waals surface area contributed by atoms with E-state index >= 15 is 0 Å². The smallest absolute Gasteiger partial charge is 0.246 e. The lowest BCUT2D eigenvalue weighted by Gasteiger charge is -2.16. The zero-order chi connectivity index (χ0) is 18.7. The number of aryl methyl sites for hydroxylation is 1. The summed E-state index contributed by atoms with van der Waals surface area (Å²) in [5.74, 6) is 0.139. The molecule has 1 unspecified atom stereocenters. The fourth-order valence-electron chi connectivity index (χ4n) is 2.52. The van der Waals surface area contributed by atoms with Gasteiger partial charge in [-0.1, -0.05) is 6.07 Å². The zero-order valence-corrected chi connectivity index (χ0v) is 16.4. The predicted octanol–water partition coefficient (Wildman–Crippen LogP) is 4.55. The molecule has 1 aliphatic rings. The molecule has 2 aromatic carbocycles. The number of benzene rings is 2. The fourth-order valence-corrected chi connectivity index (χ4v) is 3.11. The van der Waals surface area contributed by atoms with Crippen LogP contribution < -0.4 is 16.0 Å². The first-order chi connectivity index (χ1) is 12.4. The van der Waals surface area contributed by atoms with Gasteiger partial charge in [0.15, 0.2) is 0 Å². The van der Waals surface area contributed by atoms with Crippen LogP contribution in [-0.2, 0) is 9.59 Å². The highest BCUT2D eigenvalue weighted by Gasteiger charge is 2.29. The van der Waals surface area contributed by atoms with Crippen LogP contribution in [0.4, 0.5) is 17.1 Å². The fraction of sp³-hybridized carbons (Fsp3) is 0.300. The van der Waals surface area contributed by atoms with Crippen LogP contribution in [0.2, 0.25) is 0 Å². The van der Waals surface area contributed by atoms with Crippen LogP contribution >= 0.6 is 15.9 Å². The van der Waals surface area contributed by atoms with E-state index in [1.54, 1.807) is 6.92 Å². The van der Waals surface area contributed by atoms with Crippen molar-refractivity contribution in [3.05, 3.63) is 52.5 Å². The molecular weight excluding hydrogens is 394 g/mol. The number of anilines is 3. The van der Waals surface area contributed by atoms with Crippen molar-refractivity contribution in [2.45, 2.75) is 32.7 Å². The quantitative estimate of drug-likeness (QED) is 0.648. The van der Waals surface area contributed by atoms with Gasteiger partial charge in [-0.2, -0.15) is 0 Å². The summed E-state index contributed by atoms with van der Waals surface area (Å²) in [6, 6.07) is 12.8. The number of nitrogens with one attached hydrogen (secondary N) is 3. The molecule has 1 aliphatic carbocycles. The lowest BCUT2D eigenvalue weighted by Crippen LogP contribution is -2.32. The Morgan fingerprint density at radius 3 is 2.31 bits per heavy atom. The van der Waals surface area contributed by atoms with Gasteiger partial charge in [0, 0.05) is 21.8 Å². The summed E-state index contributed by atoms with van der Waals surface area (Å²) in [7, 11) is 0. The first-order valence-corrected chi connectivity index (χ1v) is 9.46. The Hall–Kier alpha value is -2.34. The number of rotatable bonds is 6. The van der Waals surface area contributed by atoms with Crippen LogP contribution in [0.5, 0.6) is 0 Å². The normalized spacial score (nSPS) is 14.4. The molecule has 0 spiro atoms. The molecule has 2 aromatic rings. The lowest BCUT2D eigenvalue weighted by atomic mass is 10.2. The monoisotopic (exact) mass is 415 g/mol. The molecule has 0 radical (unpaired) electrons. The summed E-state index contributed by atoms with van der Waals surface area (Å²) in [5, 5.41) is 8.98. The van der Waals surface area contributed by atoms with Crippen molar-refractivity contribution in [2.24, 2.45) is 5.92 Å². The summed E-state index contributed by atoms with van der Waals surface area (Å²) in [6.45, 7) is 3.80. The van der Waals surface area contributed by atoms with E-state index in [9.17, 15) is 9.59 Å². The van der Waals surface area contributed by atoms with E-state index in [4.69, 9.17) is 0 Å². The molecule has 1 fully saturated rings. The maximum atomic E-state index is 12.4. The van der Waals surface area contributed by atoms with Gasteiger partial charge in [-0.3, -0.25) is 9.59 Å². The van der Waals surface area contributed by atoms with Gasteiger partial charge in [0.05, 0.1) is 5.69 Å². The SMILES string of the molecule is Cc1ccc(NC(=O)C(C)Nc2ccc(NC(=O)C3CC3)cc2)c(Br)c1. The van der Waals surface area contributed by atoms with Crippen molar-refractivity contribution in [1.29, 1.82) is 0 Å². The van der Waals surface area contributed by atoms with Crippen molar-refractivity contribution < 1.29 is 9.59 Å². The van der Waals surface area contributed by atoms with E-state index in [0.717, 1.165) is 39.9 Å². The molecular formula is C20H22BrN3O2. The molecule has 0 aromatic heterocycles. The maximum absolute atomic E-state index is 12.4. The molecule has 2 amide bonds. The molecule has 0 saturated heterocycles. The molecule has 26 heavy (non-hydrogen) atoms. The third-order valence-corrected chi connectivity index (χ3v) is 4.92. The molecule has 3 rings (SSSR count). The van der Waals surface area contributed by atoms with Gasteiger partial charge in [0.2, 0.25) is 11.8 Å². The first-order valence-electron chi connectivity index (χ1n) is 8.67.